The van der Waals surface area contributed by atoms with Crippen molar-refractivity contribution in [3.8, 4) is 0 Å². The van der Waals surface area contributed by atoms with Crippen molar-refractivity contribution in [2.75, 3.05) is 21.7 Å². The van der Waals surface area contributed by atoms with E-state index in [-0.39, 0.29) is 22.7 Å². The minimum Gasteiger partial charge on any atom is -0.379 e. The summed E-state index contributed by atoms with van der Waals surface area (Å²) in [6, 6.07) is 9.51. The smallest absolute Gasteiger partial charge is 0.379 e. The van der Waals surface area contributed by atoms with Crippen LogP contribution in [-0.4, -0.2) is 33.6 Å². The zero-order valence-corrected chi connectivity index (χ0v) is 18.5. The average molecular weight is 516 g/mol. The Bertz CT molecular complexity index is 1010. The molecule has 2 rings (SSSR count). The van der Waals surface area contributed by atoms with Gasteiger partial charge in [-0.15, -0.1) is 11.8 Å². The number of aliphatic hydroxyl groups is 1. The van der Waals surface area contributed by atoms with Gasteiger partial charge in [0.15, 0.2) is 5.69 Å². The van der Waals surface area contributed by atoms with Crippen molar-refractivity contribution in [3.05, 3.63) is 59.4 Å². The van der Waals surface area contributed by atoms with Gasteiger partial charge in [0.25, 0.3) is 5.91 Å². The Morgan fingerprint density at radius 1 is 1.13 bits per heavy atom. The van der Waals surface area contributed by atoms with E-state index in [9.17, 15) is 27.9 Å². The van der Waals surface area contributed by atoms with Crippen LogP contribution in [-0.2, 0) is 15.8 Å². The second kappa shape index (κ2) is 10.2. The van der Waals surface area contributed by atoms with Gasteiger partial charge in [-0.25, -0.2) is 4.85 Å². The fraction of sp³-hybridized carbons (Fsp3) is 0.250. The average Bonchev–Trinajstić information content (AvgIpc) is 2.72. The molecule has 1 atom stereocenters. The number of hydrogen-bond acceptors (Lipinski definition) is 4. The Hall–Kier alpha value is -2.55. The molecule has 0 spiro atoms. The van der Waals surface area contributed by atoms with E-state index in [4.69, 9.17) is 6.57 Å². The molecule has 0 heterocycles. The second-order valence-corrected chi connectivity index (χ2v) is 8.17. The number of benzene rings is 2. The topological polar surface area (TPSA) is 82.8 Å². The molecule has 6 nitrogen and oxygen atoms in total. The number of rotatable bonds is 7. The minimum absolute atomic E-state index is 0.0712. The zero-order chi connectivity index (χ0) is 23.2. The molecule has 0 radical (unpaired) electrons. The molecule has 11 heteroatoms. The molecule has 0 aliphatic heterocycles. The summed E-state index contributed by atoms with van der Waals surface area (Å²) in [5, 5.41) is 15.5. The molecule has 0 saturated carbocycles. The Morgan fingerprint density at radius 3 is 2.29 bits per heavy atom. The number of nitrogens with zero attached hydrogens (tertiary/aromatic N) is 1. The molecular formula is C20H17BrF3N3O3S. The molecule has 0 fully saturated rings. The van der Waals surface area contributed by atoms with Crippen LogP contribution >= 0.6 is 27.7 Å². The molecule has 0 aliphatic rings. The summed E-state index contributed by atoms with van der Waals surface area (Å²) >= 11 is 4.20. The highest BCUT2D eigenvalue weighted by Gasteiger charge is 2.35. The van der Waals surface area contributed by atoms with Gasteiger partial charge in [-0.05, 0) is 43.3 Å². The van der Waals surface area contributed by atoms with Gasteiger partial charge in [0.1, 0.15) is 5.60 Å². The van der Waals surface area contributed by atoms with Crippen molar-refractivity contribution >= 4 is 56.6 Å². The van der Waals surface area contributed by atoms with Gasteiger partial charge in [-0.3, -0.25) is 9.59 Å². The van der Waals surface area contributed by atoms with Crippen molar-refractivity contribution in [2.45, 2.75) is 23.6 Å². The Morgan fingerprint density at radius 2 is 1.74 bits per heavy atom. The van der Waals surface area contributed by atoms with E-state index < -0.39 is 28.9 Å². The number of hydrogen-bond donors (Lipinski definition) is 3. The van der Waals surface area contributed by atoms with Crippen molar-refractivity contribution in [1.29, 1.82) is 0 Å². The Kier molecular flexibility index (Phi) is 8.11. The Labute approximate surface area is 189 Å². The Balaban J connectivity index is 2.03. The molecule has 2 aromatic rings. The summed E-state index contributed by atoms with van der Waals surface area (Å²) in [6.45, 7) is 8.09. The third-order valence-corrected chi connectivity index (χ3v) is 5.77. The highest BCUT2D eigenvalue weighted by Crippen LogP contribution is 2.38. The maximum atomic E-state index is 13.1. The predicted molar refractivity (Wildman–Crippen MR) is 117 cm³/mol. The van der Waals surface area contributed by atoms with E-state index in [1.54, 1.807) is 24.3 Å². The third kappa shape index (κ3) is 6.99. The minimum atomic E-state index is -4.75. The molecule has 31 heavy (non-hydrogen) atoms. The fourth-order valence-corrected chi connectivity index (χ4v) is 3.37. The summed E-state index contributed by atoms with van der Waals surface area (Å²) in [5.74, 6) is -1.17. The quantitative estimate of drug-likeness (QED) is 0.273. The summed E-state index contributed by atoms with van der Waals surface area (Å²) in [7, 11) is 0. The highest BCUT2D eigenvalue weighted by atomic mass is 79.9. The standard InChI is InChI=1S/C20H17BrF3N3O3S/c1-19(30,11-31-14-6-3-12(4-7-14)26-17(28)10-21)18(29)27-13-5-8-16(25-2)15(9-13)20(22,23)24/h3-9,30H,10-11H2,1H3,(H,26,28)(H,27,29)/t19-/m0/s1. The van der Waals surface area contributed by atoms with E-state index in [1.165, 1.54) is 13.0 Å². The van der Waals surface area contributed by atoms with Crippen molar-refractivity contribution in [2.24, 2.45) is 0 Å². The molecule has 0 saturated heterocycles. The van der Waals surface area contributed by atoms with Crippen LogP contribution in [0.1, 0.15) is 12.5 Å². The molecule has 2 aromatic carbocycles. The van der Waals surface area contributed by atoms with Crippen LogP contribution in [0.2, 0.25) is 0 Å². The monoisotopic (exact) mass is 515 g/mol. The van der Waals surface area contributed by atoms with Crippen LogP contribution in [0.15, 0.2) is 47.4 Å². The van der Waals surface area contributed by atoms with Crippen LogP contribution in [0, 0.1) is 6.57 Å². The highest BCUT2D eigenvalue weighted by molar-refractivity contribution is 9.09. The van der Waals surface area contributed by atoms with Crippen LogP contribution in [0.5, 0.6) is 0 Å². The first-order valence-corrected chi connectivity index (χ1v) is 10.8. The maximum absolute atomic E-state index is 13.1. The summed E-state index contributed by atoms with van der Waals surface area (Å²) < 4.78 is 39.2. The van der Waals surface area contributed by atoms with Gasteiger partial charge in [0, 0.05) is 22.0 Å². The van der Waals surface area contributed by atoms with E-state index in [0.717, 1.165) is 17.8 Å². The van der Waals surface area contributed by atoms with E-state index >= 15 is 0 Å². The lowest BCUT2D eigenvalue weighted by Gasteiger charge is -2.22. The van der Waals surface area contributed by atoms with Gasteiger partial charge < -0.3 is 15.7 Å². The molecule has 0 aromatic heterocycles. The molecule has 0 aliphatic carbocycles. The normalized spacial score (nSPS) is 13.1. The first-order chi connectivity index (χ1) is 14.5. The third-order valence-electron chi connectivity index (χ3n) is 3.95. The molecule has 3 N–H and O–H groups in total. The van der Waals surface area contributed by atoms with Gasteiger partial charge >= 0.3 is 6.18 Å². The number of anilines is 2. The SMILES string of the molecule is [C-]#[N+]c1ccc(NC(=O)[C@@](C)(O)CSc2ccc(NC(=O)CBr)cc2)cc1C(F)(F)F. The summed E-state index contributed by atoms with van der Waals surface area (Å²) in [5.41, 5.74) is -3.22. The van der Waals surface area contributed by atoms with Gasteiger partial charge in [0.2, 0.25) is 5.91 Å². The van der Waals surface area contributed by atoms with E-state index in [0.29, 0.717) is 16.6 Å². The van der Waals surface area contributed by atoms with Gasteiger partial charge in [0.05, 0.1) is 17.5 Å². The van der Waals surface area contributed by atoms with Crippen LogP contribution in [0.25, 0.3) is 4.85 Å². The lowest BCUT2D eigenvalue weighted by Crippen LogP contribution is -2.42. The van der Waals surface area contributed by atoms with Crippen molar-refractivity contribution in [3.63, 3.8) is 0 Å². The number of carbonyl (C=O) groups is 2. The molecule has 2 amide bonds. The zero-order valence-electron chi connectivity index (χ0n) is 16.1. The number of thioether (sulfide) groups is 1. The number of alkyl halides is 4. The van der Waals surface area contributed by atoms with Gasteiger partial charge in [-0.2, -0.15) is 13.2 Å². The lowest BCUT2D eigenvalue weighted by atomic mass is 10.1. The molecule has 0 unspecified atom stereocenters. The largest absolute Gasteiger partial charge is 0.407 e. The molecule has 0 bridgehead atoms. The lowest BCUT2D eigenvalue weighted by molar-refractivity contribution is -0.137. The maximum Gasteiger partial charge on any atom is 0.407 e. The van der Waals surface area contributed by atoms with Crippen molar-refractivity contribution in [1.82, 2.24) is 0 Å². The van der Waals surface area contributed by atoms with E-state index in [2.05, 4.69) is 31.4 Å². The van der Waals surface area contributed by atoms with Crippen LogP contribution in [0.3, 0.4) is 0 Å². The summed E-state index contributed by atoms with van der Waals surface area (Å²) in [4.78, 5) is 27.3. The molecular weight excluding hydrogens is 499 g/mol. The number of carbonyl (C=O) groups excluding carboxylic acids is 2. The first kappa shape index (κ1) is 24.7. The van der Waals surface area contributed by atoms with Crippen molar-refractivity contribution < 1.29 is 27.9 Å². The number of nitrogens with one attached hydrogen (secondary N) is 2. The number of halogens is 4. The second-order valence-electron chi connectivity index (χ2n) is 6.56. The molecule has 164 valence electrons. The van der Waals surface area contributed by atoms with Crippen LogP contribution in [0.4, 0.5) is 30.2 Å². The van der Waals surface area contributed by atoms with Crippen LogP contribution < -0.4 is 10.6 Å². The van der Waals surface area contributed by atoms with E-state index in [1.807, 2.05) is 0 Å². The fourth-order valence-electron chi connectivity index (χ4n) is 2.32. The number of amides is 2. The van der Waals surface area contributed by atoms with Gasteiger partial charge in [-0.1, -0.05) is 22.0 Å². The summed E-state index contributed by atoms with van der Waals surface area (Å²) in [6.07, 6.45) is -4.75. The first-order valence-electron chi connectivity index (χ1n) is 8.67. The predicted octanol–water partition coefficient (Wildman–Crippen LogP) is 5.07.